The van der Waals surface area contributed by atoms with Crippen molar-refractivity contribution in [3.05, 3.63) is 48.5 Å². The first-order chi connectivity index (χ1) is 13.4. The average molecular weight is 368 g/mol. The van der Waals surface area contributed by atoms with Crippen molar-refractivity contribution in [3.8, 4) is 0 Å². The Morgan fingerprint density at radius 3 is 2.52 bits per heavy atom. The third kappa shape index (κ3) is 4.80. The molecule has 0 amide bonds. The van der Waals surface area contributed by atoms with Crippen molar-refractivity contribution >= 4 is 5.95 Å². The highest BCUT2D eigenvalue weighted by Gasteiger charge is 2.25. The largest absolute Gasteiger partial charge is 0.379 e. The van der Waals surface area contributed by atoms with Crippen LogP contribution in [0.4, 0.5) is 5.95 Å². The van der Waals surface area contributed by atoms with Gasteiger partial charge in [0.25, 0.3) is 0 Å². The molecule has 2 aliphatic heterocycles. The monoisotopic (exact) mass is 368 g/mol. The fourth-order valence-electron chi connectivity index (χ4n) is 3.94. The minimum absolute atomic E-state index is 0.345. The highest BCUT2D eigenvalue weighted by molar-refractivity contribution is 5.29. The molecule has 27 heavy (non-hydrogen) atoms. The molecule has 1 unspecified atom stereocenters. The number of piperidine rings is 1. The van der Waals surface area contributed by atoms with Gasteiger partial charge in [-0.3, -0.25) is 9.88 Å². The summed E-state index contributed by atoms with van der Waals surface area (Å²) in [5.41, 5.74) is 1.28. The van der Waals surface area contributed by atoms with Crippen LogP contribution in [-0.4, -0.2) is 71.8 Å². The van der Waals surface area contributed by atoms with E-state index < -0.39 is 0 Å². The number of ether oxygens (including phenoxy) is 1. The van der Waals surface area contributed by atoms with Gasteiger partial charge in [-0.2, -0.15) is 0 Å². The van der Waals surface area contributed by atoms with Crippen molar-refractivity contribution in [3.63, 3.8) is 0 Å². The fraction of sp³-hybridized carbons (Fsp3) is 0.550. The van der Waals surface area contributed by atoms with Gasteiger partial charge in [-0.05, 0) is 30.5 Å². The van der Waals surface area contributed by atoms with Gasteiger partial charge in [0.2, 0.25) is 5.95 Å². The molecule has 2 aromatic rings. The predicted molar refractivity (Wildman–Crippen MR) is 105 cm³/mol. The SMILES string of the molecule is c1cnc(N2CCC(NCC(c3cccnc3)N3CCOCC3)CC2)nc1. The highest BCUT2D eigenvalue weighted by Crippen LogP contribution is 2.22. The molecule has 144 valence electrons. The molecule has 1 atom stereocenters. The first-order valence-electron chi connectivity index (χ1n) is 9.87. The summed E-state index contributed by atoms with van der Waals surface area (Å²) in [5.74, 6) is 0.845. The van der Waals surface area contributed by atoms with Crippen molar-refractivity contribution in [1.82, 2.24) is 25.2 Å². The summed E-state index contributed by atoms with van der Waals surface area (Å²) in [7, 11) is 0. The van der Waals surface area contributed by atoms with Crippen molar-refractivity contribution in [2.75, 3.05) is 50.8 Å². The summed E-state index contributed by atoms with van der Waals surface area (Å²) < 4.78 is 5.54. The van der Waals surface area contributed by atoms with E-state index in [1.807, 2.05) is 36.9 Å². The quantitative estimate of drug-likeness (QED) is 0.829. The molecule has 0 saturated carbocycles. The zero-order valence-corrected chi connectivity index (χ0v) is 15.7. The molecule has 0 radical (unpaired) electrons. The van der Waals surface area contributed by atoms with Crippen LogP contribution in [0.3, 0.4) is 0 Å². The van der Waals surface area contributed by atoms with Gasteiger partial charge < -0.3 is 15.0 Å². The summed E-state index contributed by atoms with van der Waals surface area (Å²) >= 11 is 0. The van der Waals surface area contributed by atoms with E-state index >= 15 is 0 Å². The molecule has 7 nitrogen and oxygen atoms in total. The Hall–Kier alpha value is -2.09. The number of aromatic nitrogens is 3. The fourth-order valence-corrected chi connectivity index (χ4v) is 3.94. The van der Waals surface area contributed by atoms with Gasteiger partial charge in [-0.1, -0.05) is 6.07 Å². The lowest BCUT2D eigenvalue weighted by Gasteiger charge is -2.37. The molecule has 2 aliphatic rings. The smallest absolute Gasteiger partial charge is 0.225 e. The summed E-state index contributed by atoms with van der Waals surface area (Å²) in [6.45, 7) is 6.51. The summed E-state index contributed by atoms with van der Waals surface area (Å²) in [6, 6.07) is 6.95. The number of hydrogen-bond acceptors (Lipinski definition) is 7. The number of anilines is 1. The van der Waals surface area contributed by atoms with Crippen molar-refractivity contribution in [1.29, 1.82) is 0 Å². The Morgan fingerprint density at radius 2 is 1.81 bits per heavy atom. The van der Waals surface area contributed by atoms with Crippen LogP contribution < -0.4 is 10.2 Å². The molecule has 4 heterocycles. The van der Waals surface area contributed by atoms with Gasteiger partial charge in [0.15, 0.2) is 0 Å². The molecule has 0 aliphatic carbocycles. The second-order valence-corrected chi connectivity index (χ2v) is 7.17. The van der Waals surface area contributed by atoms with Gasteiger partial charge in [-0.15, -0.1) is 0 Å². The third-order valence-electron chi connectivity index (χ3n) is 5.49. The summed E-state index contributed by atoms with van der Waals surface area (Å²) in [4.78, 5) is 17.9. The maximum atomic E-state index is 5.54. The molecular weight excluding hydrogens is 340 g/mol. The van der Waals surface area contributed by atoms with Crippen LogP contribution in [0.5, 0.6) is 0 Å². The zero-order valence-electron chi connectivity index (χ0n) is 15.7. The second kappa shape index (κ2) is 9.21. The number of nitrogens with one attached hydrogen (secondary N) is 1. The van der Waals surface area contributed by atoms with E-state index in [9.17, 15) is 0 Å². The Balaban J connectivity index is 1.33. The molecule has 2 aromatic heterocycles. The van der Waals surface area contributed by atoms with Crippen LogP contribution in [0, 0.1) is 0 Å². The molecule has 0 aromatic carbocycles. The minimum atomic E-state index is 0.345. The number of morpholine rings is 1. The van der Waals surface area contributed by atoms with Crippen LogP contribution in [0.15, 0.2) is 43.0 Å². The van der Waals surface area contributed by atoms with Crippen LogP contribution >= 0.6 is 0 Å². The first kappa shape index (κ1) is 18.3. The normalized spacial score (nSPS) is 20.5. The molecule has 0 spiro atoms. The molecule has 0 bridgehead atoms. The lowest BCUT2D eigenvalue weighted by molar-refractivity contribution is 0.0154. The van der Waals surface area contributed by atoms with Crippen LogP contribution in [0.25, 0.3) is 0 Å². The average Bonchev–Trinajstić information content (AvgIpc) is 2.76. The van der Waals surface area contributed by atoms with Crippen molar-refractivity contribution < 1.29 is 4.74 Å². The van der Waals surface area contributed by atoms with Crippen LogP contribution in [0.1, 0.15) is 24.4 Å². The summed E-state index contributed by atoms with van der Waals surface area (Å²) in [6.07, 6.45) is 9.69. The van der Waals surface area contributed by atoms with Crippen LogP contribution in [-0.2, 0) is 4.74 Å². The van der Waals surface area contributed by atoms with E-state index in [2.05, 4.69) is 36.1 Å². The molecule has 2 fully saturated rings. The third-order valence-corrected chi connectivity index (χ3v) is 5.49. The lowest BCUT2D eigenvalue weighted by atomic mass is 10.0. The van der Waals surface area contributed by atoms with E-state index in [-0.39, 0.29) is 0 Å². The maximum Gasteiger partial charge on any atom is 0.225 e. The van der Waals surface area contributed by atoms with Crippen molar-refractivity contribution in [2.24, 2.45) is 0 Å². The van der Waals surface area contributed by atoms with E-state index in [4.69, 9.17) is 4.74 Å². The number of pyridine rings is 1. The zero-order chi connectivity index (χ0) is 18.3. The lowest BCUT2D eigenvalue weighted by Crippen LogP contribution is -2.47. The molecule has 1 N–H and O–H groups in total. The summed E-state index contributed by atoms with van der Waals surface area (Å²) in [5, 5.41) is 3.81. The number of nitrogens with zero attached hydrogens (tertiary/aromatic N) is 5. The Bertz CT molecular complexity index is 671. The van der Waals surface area contributed by atoms with Gasteiger partial charge in [0.1, 0.15) is 0 Å². The number of rotatable bonds is 6. The second-order valence-electron chi connectivity index (χ2n) is 7.17. The van der Waals surface area contributed by atoms with E-state index in [1.165, 1.54) is 5.56 Å². The first-order valence-corrected chi connectivity index (χ1v) is 9.87. The molecule has 2 saturated heterocycles. The maximum absolute atomic E-state index is 5.54. The van der Waals surface area contributed by atoms with Gasteiger partial charge in [-0.25, -0.2) is 9.97 Å². The molecule has 7 heteroatoms. The molecular formula is C20H28N6O. The number of hydrogen-bond donors (Lipinski definition) is 1. The van der Waals surface area contributed by atoms with Gasteiger partial charge in [0, 0.05) is 69.6 Å². The highest BCUT2D eigenvalue weighted by atomic mass is 16.5. The van der Waals surface area contributed by atoms with E-state index in [0.29, 0.717) is 12.1 Å². The minimum Gasteiger partial charge on any atom is -0.379 e. The molecule has 4 rings (SSSR count). The Morgan fingerprint density at radius 1 is 1.04 bits per heavy atom. The Kier molecular flexibility index (Phi) is 6.24. The van der Waals surface area contributed by atoms with Crippen molar-refractivity contribution in [2.45, 2.75) is 24.9 Å². The van der Waals surface area contributed by atoms with E-state index in [1.54, 1.807) is 0 Å². The Labute approximate surface area is 160 Å². The van der Waals surface area contributed by atoms with E-state index in [0.717, 1.165) is 64.7 Å². The predicted octanol–water partition coefficient (Wildman–Crippen LogP) is 1.50. The van der Waals surface area contributed by atoms with Crippen LogP contribution in [0.2, 0.25) is 0 Å². The topological polar surface area (TPSA) is 66.4 Å². The van der Waals surface area contributed by atoms with Gasteiger partial charge >= 0.3 is 0 Å². The van der Waals surface area contributed by atoms with Gasteiger partial charge in [0.05, 0.1) is 13.2 Å². The standard InChI is InChI=1S/C20H28N6O/c1-3-17(15-21-6-1)19(25-11-13-27-14-12-25)16-24-18-4-9-26(10-5-18)20-22-7-2-8-23-20/h1-3,6-8,15,18-19,24H,4-5,9-14,16H2.